The zero-order valence-electron chi connectivity index (χ0n) is 15.9. The van der Waals surface area contributed by atoms with Crippen molar-refractivity contribution >= 4 is 32.9 Å². The van der Waals surface area contributed by atoms with Crippen LogP contribution in [-0.2, 0) is 0 Å². The summed E-state index contributed by atoms with van der Waals surface area (Å²) < 4.78 is 2.58. The summed E-state index contributed by atoms with van der Waals surface area (Å²) in [6.45, 7) is 15.6. The van der Waals surface area contributed by atoms with Gasteiger partial charge in [0.1, 0.15) is 0 Å². The van der Waals surface area contributed by atoms with Crippen LogP contribution in [0.3, 0.4) is 0 Å². The van der Waals surface area contributed by atoms with E-state index in [1.54, 1.807) is 0 Å². The number of allylic oxidation sites excluding steroid dienone is 3. The average molecular weight is 341 g/mol. The molecule has 1 aliphatic carbocycles. The first-order chi connectivity index (χ1) is 11.4. The van der Waals surface area contributed by atoms with Crippen molar-refractivity contribution in [1.29, 1.82) is 0 Å². The molecule has 2 atom stereocenters. The van der Waals surface area contributed by atoms with E-state index in [1.165, 1.54) is 35.1 Å². The van der Waals surface area contributed by atoms with Crippen molar-refractivity contribution in [1.82, 2.24) is 4.57 Å². The maximum atomic E-state index is 4.10. The summed E-state index contributed by atoms with van der Waals surface area (Å²) in [6, 6.07) is 0.526. The second kappa shape index (κ2) is 8.17. The smallest absolute Gasteiger partial charge is 0.0490 e. The summed E-state index contributed by atoms with van der Waals surface area (Å²) in [4.78, 5) is 0. The second-order valence-electron chi connectivity index (χ2n) is 7.69. The van der Waals surface area contributed by atoms with Crippen LogP contribution in [-0.4, -0.2) is 17.4 Å². The number of hydrogen-bond acceptors (Lipinski definition) is 0. The molecule has 1 aromatic rings. The van der Waals surface area contributed by atoms with Crippen LogP contribution in [0.5, 0.6) is 0 Å². The van der Waals surface area contributed by atoms with Crippen LogP contribution in [0.2, 0.25) is 0 Å². The molecule has 0 aromatic carbocycles. The van der Waals surface area contributed by atoms with Crippen molar-refractivity contribution in [2.45, 2.75) is 46.6 Å². The molecule has 1 heterocycles. The van der Waals surface area contributed by atoms with Crippen LogP contribution in [0.25, 0.3) is 24.3 Å². The summed E-state index contributed by atoms with van der Waals surface area (Å²) in [7, 11) is 0.956. The van der Waals surface area contributed by atoms with Crippen molar-refractivity contribution in [3.8, 4) is 0 Å². The molecule has 24 heavy (non-hydrogen) atoms. The fourth-order valence-corrected chi connectivity index (χ4v) is 4.39. The Morgan fingerprint density at radius 3 is 2.58 bits per heavy atom. The highest BCUT2D eigenvalue weighted by Crippen LogP contribution is 2.38. The summed E-state index contributed by atoms with van der Waals surface area (Å²) in [5.41, 5.74) is 5.56. The van der Waals surface area contributed by atoms with Crippen molar-refractivity contribution < 1.29 is 0 Å². The van der Waals surface area contributed by atoms with E-state index < -0.39 is 0 Å². The zero-order valence-corrected chi connectivity index (χ0v) is 16.9. The van der Waals surface area contributed by atoms with E-state index in [4.69, 9.17) is 0 Å². The number of nitrogens with zero attached hydrogens (tertiary/aromatic N) is 1. The van der Waals surface area contributed by atoms with Gasteiger partial charge in [0, 0.05) is 28.6 Å². The van der Waals surface area contributed by atoms with E-state index in [1.807, 2.05) is 6.08 Å². The molecule has 130 valence electrons. The first-order valence-electron chi connectivity index (χ1n) is 8.94. The minimum absolute atomic E-state index is 0.313. The molecule has 2 heteroatoms. The Balaban J connectivity index is 2.71. The molecule has 0 saturated heterocycles. The van der Waals surface area contributed by atoms with Gasteiger partial charge in [-0.25, -0.2) is 0 Å². The van der Waals surface area contributed by atoms with Crippen molar-refractivity contribution in [3.05, 3.63) is 47.3 Å². The maximum absolute atomic E-state index is 4.10. The standard InChI is InChI=1S/C22H32NP/c1-7-12-20-18(8-2)19-13-10-9-11-14-21(19)23(20)17(16-24-6)15-22(3,4)5/h7-8,10-14,17,24H,2,9,15-16H2,1,3-6H3/b12-7-. The van der Waals surface area contributed by atoms with Crippen molar-refractivity contribution in [2.75, 3.05) is 12.8 Å². The molecular formula is C22H32NP. The normalized spacial score (nSPS) is 16.0. The fraction of sp³-hybridized carbons (Fsp3) is 0.455. The van der Waals surface area contributed by atoms with Crippen LogP contribution in [0, 0.1) is 5.41 Å². The molecule has 0 N–H and O–H groups in total. The average Bonchev–Trinajstić information content (AvgIpc) is 2.64. The Kier molecular flexibility index (Phi) is 6.47. The summed E-state index contributed by atoms with van der Waals surface area (Å²) in [5, 5.41) is 0. The fourth-order valence-electron chi connectivity index (χ4n) is 3.59. The number of rotatable bonds is 6. The van der Waals surface area contributed by atoms with Crippen molar-refractivity contribution in [2.24, 2.45) is 5.41 Å². The number of aromatic nitrogens is 1. The Morgan fingerprint density at radius 1 is 1.29 bits per heavy atom. The largest absolute Gasteiger partial charge is 0.337 e. The quantitative estimate of drug-likeness (QED) is 0.497. The van der Waals surface area contributed by atoms with E-state index in [2.05, 4.69) is 82.0 Å². The third kappa shape index (κ3) is 4.19. The second-order valence-corrected chi connectivity index (χ2v) is 8.80. The summed E-state index contributed by atoms with van der Waals surface area (Å²) >= 11 is 0. The predicted molar refractivity (Wildman–Crippen MR) is 114 cm³/mol. The van der Waals surface area contributed by atoms with Crippen LogP contribution in [0.4, 0.5) is 0 Å². The molecular weight excluding hydrogens is 309 g/mol. The monoisotopic (exact) mass is 341 g/mol. The van der Waals surface area contributed by atoms with Gasteiger partial charge in [-0.05, 0) is 50.2 Å². The van der Waals surface area contributed by atoms with E-state index in [0.29, 0.717) is 11.5 Å². The molecule has 1 aliphatic rings. The Hall–Kier alpha value is -1.33. The lowest BCUT2D eigenvalue weighted by Crippen LogP contribution is -2.21. The molecule has 0 radical (unpaired) electrons. The molecule has 0 bridgehead atoms. The van der Waals surface area contributed by atoms with Gasteiger partial charge in [-0.2, -0.15) is 0 Å². The Morgan fingerprint density at radius 2 is 2.00 bits per heavy atom. The highest BCUT2D eigenvalue weighted by Gasteiger charge is 2.26. The molecule has 2 rings (SSSR count). The van der Waals surface area contributed by atoms with Gasteiger partial charge in [-0.3, -0.25) is 0 Å². The van der Waals surface area contributed by atoms with Gasteiger partial charge in [0.2, 0.25) is 0 Å². The van der Waals surface area contributed by atoms with Crippen molar-refractivity contribution in [3.63, 3.8) is 0 Å². The van der Waals surface area contributed by atoms with Gasteiger partial charge < -0.3 is 4.57 Å². The zero-order chi connectivity index (χ0) is 17.7. The Bertz CT molecular complexity index is 661. The van der Waals surface area contributed by atoms with Gasteiger partial charge in [-0.15, -0.1) is 8.58 Å². The number of fused-ring (bicyclic) bond motifs is 1. The summed E-state index contributed by atoms with van der Waals surface area (Å²) in [6.07, 6.45) is 19.0. The van der Waals surface area contributed by atoms with Gasteiger partial charge in [0.25, 0.3) is 0 Å². The molecule has 2 unspecified atom stereocenters. The summed E-state index contributed by atoms with van der Waals surface area (Å²) in [5.74, 6) is 0. The van der Waals surface area contributed by atoms with Crippen LogP contribution < -0.4 is 0 Å². The third-order valence-electron chi connectivity index (χ3n) is 4.38. The van der Waals surface area contributed by atoms with Gasteiger partial charge in [0.15, 0.2) is 0 Å². The third-order valence-corrected chi connectivity index (χ3v) is 5.25. The van der Waals surface area contributed by atoms with Crippen LogP contribution in [0.1, 0.15) is 69.1 Å². The molecule has 0 amide bonds. The molecule has 1 aromatic heterocycles. The maximum Gasteiger partial charge on any atom is 0.0490 e. The molecule has 0 aliphatic heterocycles. The highest BCUT2D eigenvalue weighted by molar-refractivity contribution is 7.37. The van der Waals surface area contributed by atoms with E-state index in [-0.39, 0.29) is 0 Å². The minimum Gasteiger partial charge on any atom is -0.337 e. The van der Waals surface area contributed by atoms with Gasteiger partial charge in [0.05, 0.1) is 0 Å². The molecule has 0 fully saturated rings. The lowest BCUT2D eigenvalue weighted by Gasteiger charge is -2.29. The Labute approximate surface area is 150 Å². The van der Waals surface area contributed by atoms with Crippen LogP contribution >= 0.6 is 8.58 Å². The molecule has 0 saturated carbocycles. The minimum atomic E-state index is 0.313. The molecule has 1 nitrogen and oxygen atoms in total. The van der Waals surface area contributed by atoms with Gasteiger partial charge in [-0.1, -0.05) is 57.7 Å². The van der Waals surface area contributed by atoms with E-state index >= 15 is 0 Å². The van der Waals surface area contributed by atoms with Gasteiger partial charge >= 0.3 is 0 Å². The topological polar surface area (TPSA) is 4.93 Å². The lowest BCUT2D eigenvalue weighted by atomic mass is 9.88. The first-order valence-corrected chi connectivity index (χ1v) is 10.6. The lowest BCUT2D eigenvalue weighted by molar-refractivity contribution is 0.307. The molecule has 0 spiro atoms. The van der Waals surface area contributed by atoms with Crippen LogP contribution in [0.15, 0.2) is 24.8 Å². The van der Waals surface area contributed by atoms with E-state index in [0.717, 1.165) is 15.0 Å². The number of hydrogen-bond donors (Lipinski definition) is 0. The highest BCUT2D eigenvalue weighted by atomic mass is 31.1. The van der Waals surface area contributed by atoms with E-state index in [9.17, 15) is 0 Å². The SMILES string of the molecule is C=Cc1c2c(n(C(CPC)CC(C)(C)C)c1/C=C\C)C=CCC=C2. The first kappa shape index (κ1) is 19.0. The predicted octanol–water partition coefficient (Wildman–Crippen LogP) is 6.88.